The second-order valence-corrected chi connectivity index (χ2v) is 2.58. The number of hydrogen-bond donors (Lipinski definition) is 2. The third-order valence-electron chi connectivity index (χ3n) is 1.75. The molecule has 3 nitrogen and oxygen atoms in total. The van der Waals surface area contributed by atoms with Gasteiger partial charge in [-0.25, -0.2) is 0 Å². The molecule has 0 unspecified atom stereocenters. The second kappa shape index (κ2) is 2.08. The zero-order valence-corrected chi connectivity index (χ0v) is 5.24. The van der Waals surface area contributed by atoms with Gasteiger partial charge in [0.05, 0.1) is 0 Å². The molecular weight excluding hydrogens is 120 g/mol. The summed E-state index contributed by atoms with van der Waals surface area (Å²) >= 11 is 0. The molecule has 1 saturated carbocycles. The highest BCUT2D eigenvalue weighted by Crippen LogP contribution is 2.21. The molecule has 3 heteroatoms. The van der Waals surface area contributed by atoms with Gasteiger partial charge in [-0.1, -0.05) is 6.92 Å². The molecule has 1 aliphatic rings. The number of rotatable bonds is 0. The first kappa shape index (κ1) is 6.71. The number of ketones is 1. The fourth-order valence-electron chi connectivity index (χ4n) is 1.07. The molecule has 1 aliphatic carbocycles. The quantitative estimate of drug-likeness (QED) is 0.456. The molecule has 1 rings (SSSR count). The lowest BCUT2D eigenvalue weighted by molar-refractivity contribution is -0.131. The Balaban J connectivity index is 2.65. The first-order valence-electron chi connectivity index (χ1n) is 3.03. The van der Waals surface area contributed by atoms with Crippen LogP contribution in [0.2, 0.25) is 0 Å². The van der Waals surface area contributed by atoms with Crippen molar-refractivity contribution in [3.8, 4) is 0 Å². The van der Waals surface area contributed by atoms with E-state index in [4.69, 9.17) is 10.2 Å². The molecule has 0 radical (unpaired) electrons. The van der Waals surface area contributed by atoms with Gasteiger partial charge in [0.25, 0.3) is 0 Å². The standard InChI is InChI=1S/C6H10O3/c1-3-2-4(7)6(9)5(3)8/h3-5,7-8H,2H2,1H3/t3-,4-,5-/m1/s1. The van der Waals surface area contributed by atoms with Gasteiger partial charge in [-0.3, -0.25) is 4.79 Å². The first-order chi connectivity index (χ1) is 4.13. The van der Waals surface area contributed by atoms with Gasteiger partial charge >= 0.3 is 0 Å². The van der Waals surface area contributed by atoms with E-state index >= 15 is 0 Å². The fourth-order valence-corrected chi connectivity index (χ4v) is 1.07. The Morgan fingerprint density at radius 1 is 1.56 bits per heavy atom. The van der Waals surface area contributed by atoms with Gasteiger partial charge in [0.15, 0.2) is 5.78 Å². The van der Waals surface area contributed by atoms with Crippen molar-refractivity contribution >= 4 is 5.78 Å². The molecule has 0 heterocycles. The summed E-state index contributed by atoms with van der Waals surface area (Å²) in [5, 5.41) is 17.8. The molecule has 52 valence electrons. The predicted octanol–water partition coefficient (Wildman–Crippen LogP) is -0.683. The summed E-state index contributed by atoms with van der Waals surface area (Å²) in [5.41, 5.74) is 0. The van der Waals surface area contributed by atoms with E-state index in [9.17, 15) is 4.79 Å². The highest BCUT2D eigenvalue weighted by Gasteiger charge is 2.36. The van der Waals surface area contributed by atoms with E-state index in [2.05, 4.69) is 0 Å². The molecule has 3 atom stereocenters. The molecule has 0 amide bonds. The summed E-state index contributed by atoms with van der Waals surface area (Å²) in [6, 6.07) is 0. The molecule has 0 spiro atoms. The maximum absolute atomic E-state index is 10.6. The van der Waals surface area contributed by atoms with Crippen molar-refractivity contribution in [2.75, 3.05) is 0 Å². The number of carbonyl (C=O) groups is 1. The van der Waals surface area contributed by atoms with Crippen LogP contribution in [0.3, 0.4) is 0 Å². The van der Waals surface area contributed by atoms with Crippen LogP contribution < -0.4 is 0 Å². The van der Waals surface area contributed by atoms with Crippen molar-refractivity contribution in [3.63, 3.8) is 0 Å². The third-order valence-corrected chi connectivity index (χ3v) is 1.75. The van der Waals surface area contributed by atoms with Gasteiger partial charge in [-0.05, 0) is 12.3 Å². The van der Waals surface area contributed by atoms with E-state index < -0.39 is 18.0 Å². The SMILES string of the molecule is C[C@@H]1C[C@@H](O)C(=O)[C@@H]1O. The molecule has 1 fully saturated rings. The minimum Gasteiger partial charge on any atom is -0.385 e. The van der Waals surface area contributed by atoms with E-state index in [1.54, 1.807) is 6.92 Å². The predicted molar refractivity (Wildman–Crippen MR) is 30.8 cm³/mol. The number of carbonyl (C=O) groups excluding carboxylic acids is 1. The molecule has 0 aromatic heterocycles. The molecule has 0 saturated heterocycles. The highest BCUT2D eigenvalue weighted by molar-refractivity contribution is 5.89. The van der Waals surface area contributed by atoms with E-state index in [0.717, 1.165) is 0 Å². The van der Waals surface area contributed by atoms with Gasteiger partial charge in [0.2, 0.25) is 0 Å². The molecule has 0 aliphatic heterocycles. The lowest BCUT2D eigenvalue weighted by Crippen LogP contribution is -2.23. The van der Waals surface area contributed by atoms with Crippen LogP contribution in [0.1, 0.15) is 13.3 Å². The van der Waals surface area contributed by atoms with Crippen LogP contribution in [0.15, 0.2) is 0 Å². The number of hydrogen-bond acceptors (Lipinski definition) is 3. The molecule has 2 N–H and O–H groups in total. The number of aliphatic hydroxyl groups is 2. The van der Waals surface area contributed by atoms with E-state index in [0.29, 0.717) is 6.42 Å². The Bertz CT molecular complexity index is 132. The van der Waals surface area contributed by atoms with Crippen molar-refractivity contribution in [3.05, 3.63) is 0 Å². The largest absolute Gasteiger partial charge is 0.385 e. The third kappa shape index (κ3) is 0.976. The summed E-state index contributed by atoms with van der Waals surface area (Å²) in [5.74, 6) is -0.505. The van der Waals surface area contributed by atoms with Gasteiger partial charge in [0, 0.05) is 0 Å². The molecule has 0 bridgehead atoms. The zero-order chi connectivity index (χ0) is 7.02. The molecule has 9 heavy (non-hydrogen) atoms. The molecule has 0 aromatic carbocycles. The maximum Gasteiger partial charge on any atom is 0.189 e. The molecule has 0 aromatic rings. The van der Waals surface area contributed by atoms with Crippen molar-refractivity contribution in [1.29, 1.82) is 0 Å². The Kier molecular flexibility index (Phi) is 1.55. The van der Waals surface area contributed by atoms with Gasteiger partial charge in [-0.2, -0.15) is 0 Å². The zero-order valence-electron chi connectivity index (χ0n) is 5.24. The van der Waals surface area contributed by atoms with Gasteiger partial charge < -0.3 is 10.2 Å². The van der Waals surface area contributed by atoms with Crippen molar-refractivity contribution in [2.45, 2.75) is 25.6 Å². The lowest BCUT2D eigenvalue weighted by Gasteiger charge is -2.02. The second-order valence-electron chi connectivity index (χ2n) is 2.58. The lowest BCUT2D eigenvalue weighted by atomic mass is 10.1. The van der Waals surface area contributed by atoms with Gasteiger partial charge in [0.1, 0.15) is 12.2 Å². The number of Topliss-reactive ketones (excluding diaryl/α,β-unsaturated/α-hetero) is 1. The summed E-state index contributed by atoms with van der Waals surface area (Å²) in [7, 11) is 0. The van der Waals surface area contributed by atoms with Crippen LogP contribution in [0.5, 0.6) is 0 Å². The van der Waals surface area contributed by atoms with Crippen LogP contribution in [-0.4, -0.2) is 28.2 Å². The topological polar surface area (TPSA) is 57.5 Å². The Morgan fingerprint density at radius 3 is 2.22 bits per heavy atom. The Morgan fingerprint density at radius 2 is 2.11 bits per heavy atom. The van der Waals surface area contributed by atoms with E-state index in [1.807, 2.05) is 0 Å². The monoisotopic (exact) mass is 130 g/mol. The van der Waals surface area contributed by atoms with Crippen LogP contribution >= 0.6 is 0 Å². The minimum absolute atomic E-state index is 0.0764. The van der Waals surface area contributed by atoms with E-state index in [1.165, 1.54) is 0 Å². The summed E-state index contributed by atoms with van der Waals surface area (Å²) < 4.78 is 0. The molecular formula is C6H10O3. The average molecular weight is 130 g/mol. The first-order valence-corrected chi connectivity index (χ1v) is 3.03. The van der Waals surface area contributed by atoms with Crippen LogP contribution in [-0.2, 0) is 4.79 Å². The van der Waals surface area contributed by atoms with Crippen molar-refractivity contribution in [1.82, 2.24) is 0 Å². The van der Waals surface area contributed by atoms with Crippen LogP contribution in [0.4, 0.5) is 0 Å². The summed E-state index contributed by atoms with van der Waals surface area (Å²) in [4.78, 5) is 10.6. The Labute approximate surface area is 53.3 Å². The highest BCUT2D eigenvalue weighted by atomic mass is 16.3. The smallest absolute Gasteiger partial charge is 0.189 e. The van der Waals surface area contributed by atoms with Crippen LogP contribution in [0.25, 0.3) is 0 Å². The maximum atomic E-state index is 10.6. The summed E-state index contributed by atoms with van der Waals surface area (Å²) in [6.45, 7) is 1.75. The van der Waals surface area contributed by atoms with Crippen molar-refractivity contribution < 1.29 is 15.0 Å². The van der Waals surface area contributed by atoms with Crippen LogP contribution in [0, 0.1) is 5.92 Å². The normalized spacial score (nSPS) is 43.9. The Hall–Kier alpha value is -0.410. The average Bonchev–Trinajstić information content (AvgIpc) is 1.98. The van der Waals surface area contributed by atoms with Crippen molar-refractivity contribution in [2.24, 2.45) is 5.92 Å². The minimum atomic E-state index is -0.931. The fraction of sp³-hybridized carbons (Fsp3) is 0.833. The van der Waals surface area contributed by atoms with E-state index in [-0.39, 0.29) is 5.92 Å². The van der Waals surface area contributed by atoms with Gasteiger partial charge in [-0.15, -0.1) is 0 Å². The number of aliphatic hydroxyl groups excluding tert-OH is 2. The summed E-state index contributed by atoms with van der Waals surface area (Å²) in [6.07, 6.45) is -1.45.